The molecule has 5 heteroatoms. The number of hydrogen-bond donors (Lipinski definition) is 1. The van der Waals surface area contributed by atoms with Crippen molar-refractivity contribution in [1.29, 1.82) is 0 Å². The summed E-state index contributed by atoms with van der Waals surface area (Å²) in [5.41, 5.74) is 6.63. The van der Waals surface area contributed by atoms with E-state index < -0.39 is 0 Å². The molecule has 0 spiro atoms. The summed E-state index contributed by atoms with van der Waals surface area (Å²) in [6.07, 6.45) is 0.935. The van der Waals surface area contributed by atoms with E-state index in [-0.39, 0.29) is 5.92 Å². The van der Waals surface area contributed by atoms with Crippen molar-refractivity contribution in [3.63, 3.8) is 0 Å². The number of benzene rings is 1. The monoisotopic (exact) mass is 275 g/mol. The van der Waals surface area contributed by atoms with Crippen LogP contribution in [0.25, 0.3) is 11.4 Å². The Kier molecular flexibility index (Phi) is 4.74. The van der Waals surface area contributed by atoms with Gasteiger partial charge in [-0.3, -0.25) is 0 Å². The summed E-state index contributed by atoms with van der Waals surface area (Å²) in [4.78, 5) is 4.48. The molecule has 20 heavy (non-hydrogen) atoms. The number of hydrogen-bond acceptors (Lipinski definition) is 5. The zero-order chi connectivity index (χ0) is 14.5. The quantitative estimate of drug-likeness (QED) is 0.877. The van der Waals surface area contributed by atoms with Crippen LogP contribution in [0.4, 0.5) is 0 Å². The van der Waals surface area contributed by atoms with Crippen molar-refractivity contribution in [2.24, 2.45) is 11.7 Å². The Morgan fingerprint density at radius 3 is 2.70 bits per heavy atom. The fourth-order valence-corrected chi connectivity index (χ4v) is 2.21. The second-order valence-corrected chi connectivity index (χ2v) is 5.22. The van der Waals surface area contributed by atoms with E-state index in [0.717, 1.165) is 17.7 Å². The fourth-order valence-electron chi connectivity index (χ4n) is 2.21. The summed E-state index contributed by atoms with van der Waals surface area (Å²) in [5, 5.41) is 4.05. The van der Waals surface area contributed by atoms with Crippen LogP contribution in [0, 0.1) is 5.92 Å². The van der Waals surface area contributed by atoms with E-state index in [1.54, 1.807) is 7.11 Å². The van der Waals surface area contributed by atoms with Gasteiger partial charge in [-0.05, 0) is 24.5 Å². The summed E-state index contributed by atoms with van der Waals surface area (Å²) in [7, 11) is 1.63. The molecule has 0 aliphatic heterocycles. The van der Waals surface area contributed by atoms with Crippen LogP contribution >= 0.6 is 0 Å². The maximum Gasteiger partial charge on any atom is 0.231 e. The molecule has 2 N–H and O–H groups in total. The van der Waals surface area contributed by atoms with Crippen LogP contribution in [-0.4, -0.2) is 23.8 Å². The van der Waals surface area contributed by atoms with Crippen molar-refractivity contribution in [3.8, 4) is 17.1 Å². The average molecular weight is 275 g/mol. The zero-order valence-electron chi connectivity index (χ0n) is 12.2. The highest BCUT2D eigenvalue weighted by atomic mass is 16.5. The van der Waals surface area contributed by atoms with Gasteiger partial charge in [0.25, 0.3) is 0 Å². The van der Waals surface area contributed by atoms with Gasteiger partial charge in [-0.1, -0.05) is 31.1 Å². The third kappa shape index (κ3) is 3.17. The molecule has 1 aromatic heterocycles. The second kappa shape index (κ2) is 6.52. The molecule has 0 amide bonds. The second-order valence-electron chi connectivity index (χ2n) is 5.22. The molecule has 2 aromatic rings. The minimum atomic E-state index is 0.103. The van der Waals surface area contributed by atoms with Gasteiger partial charge in [0.2, 0.25) is 11.7 Å². The van der Waals surface area contributed by atoms with Gasteiger partial charge in [0.15, 0.2) is 0 Å². The summed E-state index contributed by atoms with van der Waals surface area (Å²) in [6, 6.07) is 7.61. The molecule has 0 saturated carbocycles. The number of para-hydroxylation sites is 1. The van der Waals surface area contributed by atoms with Crippen molar-refractivity contribution in [2.75, 3.05) is 13.7 Å². The number of aromatic nitrogens is 2. The molecule has 2 rings (SSSR count). The topological polar surface area (TPSA) is 74.2 Å². The van der Waals surface area contributed by atoms with E-state index in [4.69, 9.17) is 15.0 Å². The summed E-state index contributed by atoms with van der Waals surface area (Å²) in [5.74, 6) is 2.51. The first-order valence-corrected chi connectivity index (χ1v) is 6.82. The van der Waals surface area contributed by atoms with Gasteiger partial charge in [0.05, 0.1) is 18.6 Å². The Hall–Kier alpha value is -1.88. The highest BCUT2D eigenvalue weighted by molar-refractivity contribution is 5.63. The first kappa shape index (κ1) is 14.5. The molecule has 0 radical (unpaired) electrons. The lowest BCUT2D eigenvalue weighted by Crippen LogP contribution is -2.15. The fraction of sp³-hybridized carbons (Fsp3) is 0.467. The van der Waals surface area contributed by atoms with E-state index in [1.165, 1.54) is 0 Å². The molecule has 0 aliphatic rings. The lowest BCUT2D eigenvalue weighted by Gasteiger charge is -2.11. The van der Waals surface area contributed by atoms with Crippen LogP contribution in [0.5, 0.6) is 5.75 Å². The number of nitrogens with zero attached hydrogens (tertiary/aromatic N) is 2. The Bertz CT molecular complexity index is 552. The van der Waals surface area contributed by atoms with Crippen LogP contribution in [-0.2, 0) is 0 Å². The van der Waals surface area contributed by atoms with Crippen molar-refractivity contribution in [3.05, 3.63) is 30.2 Å². The molecule has 1 atom stereocenters. The number of rotatable bonds is 6. The molecule has 5 nitrogen and oxygen atoms in total. The molecule has 0 aliphatic carbocycles. The van der Waals surface area contributed by atoms with Gasteiger partial charge >= 0.3 is 0 Å². The van der Waals surface area contributed by atoms with Gasteiger partial charge in [0.1, 0.15) is 5.75 Å². The Labute approximate surface area is 119 Å². The number of ether oxygens (including phenoxy) is 1. The Balaban J connectivity index is 2.28. The lowest BCUT2D eigenvalue weighted by atomic mass is 9.97. The molecule has 0 bridgehead atoms. The maximum absolute atomic E-state index is 5.80. The molecule has 1 heterocycles. The minimum absolute atomic E-state index is 0.103. The van der Waals surface area contributed by atoms with Crippen LogP contribution < -0.4 is 10.5 Å². The molecular weight excluding hydrogens is 254 g/mol. The summed E-state index contributed by atoms with van der Waals surface area (Å²) < 4.78 is 10.7. The lowest BCUT2D eigenvalue weighted by molar-refractivity contribution is 0.334. The summed E-state index contributed by atoms with van der Waals surface area (Å²) >= 11 is 0. The Morgan fingerprint density at radius 2 is 2.05 bits per heavy atom. The van der Waals surface area contributed by atoms with E-state index in [1.807, 2.05) is 24.3 Å². The van der Waals surface area contributed by atoms with Crippen LogP contribution in [0.15, 0.2) is 28.8 Å². The van der Waals surface area contributed by atoms with Crippen molar-refractivity contribution >= 4 is 0 Å². The first-order valence-electron chi connectivity index (χ1n) is 6.82. The Morgan fingerprint density at radius 1 is 1.30 bits per heavy atom. The maximum atomic E-state index is 5.80. The molecule has 1 aromatic carbocycles. The normalized spacial score (nSPS) is 12.7. The van der Waals surface area contributed by atoms with E-state index in [2.05, 4.69) is 24.0 Å². The minimum Gasteiger partial charge on any atom is -0.496 e. The van der Waals surface area contributed by atoms with Gasteiger partial charge < -0.3 is 15.0 Å². The smallest absolute Gasteiger partial charge is 0.231 e. The van der Waals surface area contributed by atoms with Gasteiger partial charge in [-0.2, -0.15) is 4.98 Å². The predicted molar refractivity (Wildman–Crippen MR) is 77.5 cm³/mol. The highest BCUT2D eigenvalue weighted by Gasteiger charge is 2.20. The number of methoxy groups -OCH3 is 1. The standard InChI is InChI=1S/C15H21N3O2/c1-10(2)8-11(9-16)15-17-14(18-20-15)12-6-4-5-7-13(12)19-3/h4-7,10-11H,8-9,16H2,1-3H3. The molecular formula is C15H21N3O2. The van der Waals surface area contributed by atoms with Crippen molar-refractivity contribution in [2.45, 2.75) is 26.2 Å². The third-order valence-electron chi connectivity index (χ3n) is 3.18. The number of nitrogens with two attached hydrogens (primary N) is 1. The largest absolute Gasteiger partial charge is 0.496 e. The van der Waals surface area contributed by atoms with Crippen molar-refractivity contribution < 1.29 is 9.26 Å². The van der Waals surface area contributed by atoms with Crippen LogP contribution in [0.2, 0.25) is 0 Å². The van der Waals surface area contributed by atoms with Crippen molar-refractivity contribution in [1.82, 2.24) is 10.1 Å². The van der Waals surface area contributed by atoms with Gasteiger partial charge in [-0.25, -0.2) is 0 Å². The van der Waals surface area contributed by atoms with Gasteiger partial charge in [0, 0.05) is 6.54 Å². The molecule has 1 unspecified atom stereocenters. The molecule has 0 fully saturated rings. The molecule has 0 saturated heterocycles. The predicted octanol–water partition coefficient (Wildman–Crippen LogP) is 2.83. The average Bonchev–Trinajstić information content (AvgIpc) is 2.94. The van der Waals surface area contributed by atoms with E-state index in [0.29, 0.717) is 24.2 Å². The SMILES string of the molecule is COc1ccccc1-c1noc(C(CN)CC(C)C)n1. The highest BCUT2D eigenvalue weighted by Crippen LogP contribution is 2.29. The van der Waals surface area contributed by atoms with E-state index >= 15 is 0 Å². The zero-order valence-corrected chi connectivity index (χ0v) is 12.2. The first-order chi connectivity index (χ1) is 9.65. The van der Waals surface area contributed by atoms with E-state index in [9.17, 15) is 0 Å². The molecule has 108 valence electrons. The third-order valence-corrected chi connectivity index (χ3v) is 3.18. The summed E-state index contributed by atoms with van der Waals surface area (Å²) in [6.45, 7) is 4.81. The van der Waals surface area contributed by atoms with Gasteiger partial charge in [-0.15, -0.1) is 0 Å². The van der Waals surface area contributed by atoms with Crippen LogP contribution in [0.1, 0.15) is 32.1 Å². The van der Waals surface area contributed by atoms with Crippen LogP contribution in [0.3, 0.4) is 0 Å².